The third-order valence-electron chi connectivity index (χ3n) is 1.27. The number of nitrogens with one attached hydrogen (secondary N) is 1. The Morgan fingerprint density at radius 3 is 2.54 bits per heavy atom. The van der Waals surface area contributed by atoms with E-state index in [0.29, 0.717) is 5.75 Å². The summed E-state index contributed by atoms with van der Waals surface area (Å²) in [6.07, 6.45) is 1.84. The van der Waals surface area contributed by atoms with Gasteiger partial charge in [-0.3, -0.25) is 0 Å². The molecule has 2 N–H and O–H groups in total. The second-order valence-corrected chi connectivity index (χ2v) is 6.23. The zero-order valence-electron chi connectivity index (χ0n) is 7.58. The zero-order chi connectivity index (χ0) is 10.5. The van der Waals surface area contributed by atoms with Gasteiger partial charge in [-0.15, -0.1) is 11.6 Å². The highest BCUT2D eigenvalue weighted by molar-refractivity contribution is 7.98. The average molecular weight is 248 g/mol. The van der Waals surface area contributed by atoms with Gasteiger partial charge >= 0.3 is 0 Å². The van der Waals surface area contributed by atoms with Crippen molar-refractivity contribution >= 4 is 33.4 Å². The second kappa shape index (κ2) is 5.41. The van der Waals surface area contributed by atoms with E-state index < -0.39 is 20.8 Å². The van der Waals surface area contributed by atoms with E-state index in [4.69, 9.17) is 11.6 Å². The fraction of sp³-hybridized carbons (Fsp3) is 1.00. The Bertz CT molecular complexity index is 240. The van der Waals surface area contributed by atoms with Crippen molar-refractivity contribution in [2.75, 3.05) is 23.8 Å². The van der Waals surface area contributed by atoms with Gasteiger partial charge in [0.1, 0.15) is 5.21 Å². The van der Waals surface area contributed by atoms with E-state index in [1.54, 1.807) is 6.92 Å². The van der Waals surface area contributed by atoms with Crippen LogP contribution in [0, 0.1) is 0 Å². The van der Waals surface area contributed by atoms with Crippen LogP contribution in [-0.4, -0.2) is 42.9 Å². The van der Waals surface area contributed by atoms with Crippen molar-refractivity contribution in [1.29, 1.82) is 0 Å². The van der Waals surface area contributed by atoms with Gasteiger partial charge in [0.05, 0.1) is 5.60 Å². The van der Waals surface area contributed by atoms with Crippen LogP contribution < -0.4 is 4.72 Å². The average Bonchev–Trinajstić information content (AvgIpc) is 2.02. The molecule has 0 bridgehead atoms. The molecule has 0 saturated carbocycles. The maximum absolute atomic E-state index is 10.9. The summed E-state index contributed by atoms with van der Waals surface area (Å²) in [5.74, 6) is 0.470. The predicted molar refractivity (Wildman–Crippen MR) is 56.6 cm³/mol. The summed E-state index contributed by atoms with van der Waals surface area (Å²) in [5, 5.41) is 9.10. The minimum absolute atomic E-state index is 0.0110. The van der Waals surface area contributed by atoms with Crippen LogP contribution in [0.2, 0.25) is 0 Å². The van der Waals surface area contributed by atoms with Gasteiger partial charge in [-0.25, -0.2) is 13.1 Å². The first-order chi connectivity index (χ1) is 5.83. The standard InChI is InChI=1S/C6H14ClNO3S2/c1-6(9,4-12-2)3-8-13(10,11)5-7/h8-9H,3-5H2,1-2H3. The first-order valence-electron chi connectivity index (χ1n) is 3.57. The number of thioether (sulfide) groups is 1. The molecule has 7 heteroatoms. The van der Waals surface area contributed by atoms with Gasteiger partial charge in [0, 0.05) is 12.3 Å². The Balaban J connectivity index is 4.01. The third-order valence-corrected chi connectivity index (χ3v) is 3.92. The Kier molecular flexibility index (Phi) is 5.62. The molecule has 4 nitrogen and oxygen atoms in total. The van der Waals surface area contributed by atoms with Crippen LogP contribution in [0.3, 0.4) is 0 Å². The molecule has 0 aliphatic carbocycles. The molecule has 0 saturated heterocycles. The summed E-state index contributed by atoms with van der Waals surface area (Å²) >= 11 is 6.61. The summed E-state index contributed by atoms with van der Waals surface area (Å²) < 4.78 is 24.0. The summed E-state index contributed by atoms with van der Waals surface area (Å²) in [7, 11) is -3.42. The van der Waals surface area contributed by atoms with Gasteiger partial charge in [-0.1, -0.05) is 0 Å². The van der Waals surface area contributed by atoms with E-state index in [2.05, 4.69) is 4.72 Å². The summed E-state index contributed by atoms with van der Waals surface area (Å²) in [4.78, 5) is 0. The molecule has 1 atom stereocenters. The topological polar surface area (TPSA) is 66.4 Å². The minimum atomic E-state index is -3.42. The van der Waals surface area contributed by atoms with E-state index in [1.165, 1.54) is 11.8 Å². The Hall–Kier alpha value is 0.510. The number of sulfonamides is 1. The van der Waals surface area contributed by atoms with E-state index in [1.807, 2.05) is 6.26 Å². The number of hydrogen-bond acceptors (Lipinski definition) is 4. The van der Waals surface area contributed by atoms with Crippen molar-refractivity contribution < 1.29 is 13.5 Å². The molecule has 0 fully saturated rings. The first kappa shape index (κ1) is 13.5. The van der Waals surface area contributed by atoms with Crippen molar-refractivity contribution in [2.45, 2.75) is 12.5 Å². The Morgan fingerprint density at radius 1 is 1.62 bits per heavy atom. The predicted octanol–water partition coefficient (Wildman–Crippen LogP) is 0.216. The molecule has 0 rings (SSSR count). The molecule has 80 valence electrons. The van der Waals surface area contributed by atoms with E-state index in [9.17, 15) is 13.5 Å². The fourth-order valence-electron chi connectivity index (χ4n) is 0.666. The molecule has 0 heterocycles. The lowest BCUT2D eigenvalue weighted by Crippen LogP contribution is -2.42. The van der Waals surface area contributed by atoms with Crippen LogP contribution in [0.15, 0.2) is 0 Å². The van der Waals surface area contributed by atoms with E-state index in [0.717, 1.165) is 0 Å². The number of aliphatic hydroxyl groups is 1. The largest absolute Gasteiger partial charge is 0.388 e. The molecule has 0 aromatic rings. The molecule has 0 aliphatic rings. The van der Waals surface area contributed by atoms with Gasteiger partial charge in [0.25, 0.3) is 0 Å². The molecule has 0 aromatic heterocycles. The molecule has 13 heavy (non-hydrogen) atoms. The lowest BCUT2D eigenvalue weighted by molar-refractivity contribution is 0.0909. The quantitative estimate of drug-likeness (QED) is 0.659. The van der Waals surface area contributed by atoms with E-state index >= 15 is 0 Å². The Labute approximate surface area is 88.1 Å². The number of halogens is 1. The van der Waals surface area contributed by atoms with Crippen molar-refractivity contribution in [3.8, 4) is 0 Å². The summed E-state index contributed by atoms with van der Waals surface area (Å²) in [6.45, 7) is 1.56. The third kappa shape index (κ3) is 6.56. The lowest BCUT2D eigenvalue weighted by Gasteiger charge is -2.21. The fourth-order valence-corrected chi connectivity index (χ4v) is 2.23. The maximum atomic E-state index is 10.9. The highest BCUT2D eigenvalue weighted by Gasteiger charge is 2.22. The highest BCUT2D eigenvalue weighted by Crippen LogP contribution is 2.09. The minimum Gasteiger partial charge on any atom is -0.388 e. The van der Waals surface area contributed by atoms with Gasteiger partial charge in [-0.2, -0.15) is 11.8 Å². The molecular formula is C6H14ClNO3S2. The molecule has 0 aliphatic heterocycles. The van der Waals surface area contributed by atoms with Gasteiger partial charge in [0.2, 0.25) is 10.0 Å². The summed E-state index contributed by atoms with van der Waals surface area (Å²) in [5.41, 5.74) is -1.03. The lowest BCUT2D eigenvalue weighted by atomic mass is 10.1. The van der Waals surface area contributed by atoms with Gasteiger partial charge in [-0.05, 0) is 13.2 Å². The van der Waals surface area contributed by atoms with Gasteiger partial charge in [0.15, 0.2) is 0 Å². The second-order valence-electron chi connectivity index (χ2n) is 2.97. The Morgan fingerprint density at radius 2 is 2.15 bits per heavy atom. The molecular weight excluding hydrogens is 234 g/mol. The van der Waals surface area contributed by atoms with Crippen LogP contribution in [0.4, 0.5) is 0 Å². The summed E-state index contributed by atoms with van der Waals surface area (Å²) in [6, 6.07) is 0. The van der Waals surface area contributed by atoms with Crippen molar-refractivity contribution in [1.82, 2.24) is 4.72 Å². The maximum Gasteiger partial charge on any atom is 0.225 e. The van der Waals surface area contributed by atoms with Crippen molar-refractivity contribution in [2.24, 2.45) is 0 Å². The molecule has 0 spiro atoms. The van der Waals surface area contributed by atoms with Crippen LogP contribution >= 0.6 is 23.4 Å². The van der Waals surface area contributed by atoms with E-state index in [-0.39, 0.29) is 6.54 Å². The zero-order valence-corrected chi connectivity index (χ0v) is 9.97. The first-order valence-corrected chi connectivity index (χ1v) is 7.16. The van der Waals surface area contributed by atoms with Crippen LogP contribution in [-0.2, 0) is 10.0 Å². The van der Waals surface area contributed by atoms with Crippen LogP contribution in [0.1, 0.15) is 6.92 Å². The highest BCUT2D eigenvalue weighted by atomic mass is 35.5. The van der Waals surface area contributed by atoms with Crippen LogP contribution in [0.5, 0.6) is 0 Å². The van der Waals surface area contributed by atoms with Crippen molar-refractivity contribution in [3.05, 3.63) is 0 Å². The molecule has 0 aromatic carbocycles. The SMILES string of the molecule is CSCC(C)(O)CNS(=O)(=O)CCl. The molecule has 0 amide bonds. The normalized spacial score (nSPS) is 16.9. The van der Waals surface area contributed by atoms with Crippen molar-refractivity contribution in [3.63, 3.8) is 0 Å². The molecule has 1 unspecified atom stereocenters. The number of rotatable bonds is 6. The number of alkyl halides is 1. The smallest absolute Gasteiger partial charge is 0.225 e. The monoisotopic (exact) mass is 247 g/mol. The van der Waals surface area contributed by atoms with Crippen LogP contribution in [0.25, 0.3) is 0 Å². The van der Waals surface area contributed by atoms with Gasteiger partial charge < -0.3 is 5.11 Å². The number of hydrogen-bond donors (Lipinski definition) is 2. The molecule has 0 radical (unpaired) electrons.